The predicted molar refractivity (Wildman–Crippen MR) is 233 cm³/mol. The van der Waals surface area contributed by atoms with E-state index >= 15 is 0 Å². The maximum Gasteiger partial charge on any atom is 0.284 e. The summed E-state index contributed by atoms with van der Waals surface area (Å²) in [6, 6.07) is 0. The van der Waals surface area contributed by atoms with E-state index in [0.29, 0.717) is 39.3 Å². The molecule has 0 radical (unpaired) electrons. The third kappa shape index (κ3) is 35.4. The van der Waals surface area contributed by atoms with Gasteiger partial charge in [-0.2, -0.15) is 0 Å². The third-order valence-electron chi connectivity index (χ3n) is 10.7. The summed E-state index contributed by atoms with van der Waals surface area (Å²) in [4.78, 5) is 0. The van der Waals surface area contributed by atoms with Crippen molar-refractivity contribution in [3.63, 3.8) is 0 Å². The lowest BCUT2D eigenvalue weighted by atomic mass is 10.1. The molecular formula is C48H98O7. The normalized spacial score (nSPS) is 12.3. The smallest absolute Gasteiger partial charge is 0.284 e. The zero-order chi connectivity index (χ0) is 40.2. The second kappa shape index (κ2) is 43.3. The summed E-state index contributed by atoms with van der Waals surface area (Å²) in [7, 11) is 0. The molecule has 0 rings (SSSR count). The molecule has 0 N–H and O–H groups in total. The van der Waals surface area contributed by atoms with Gasteiger partial charge in [-0.3, -0.25) is 0 Å². The van der Waals surface area contributed by atoms with Crippen LogP contribution < -0.4 is 0 Å². The van der Waals surface area contributed by atoms with Crippen LogP contribution in [-0.4, -0.2) is 52.0 Å². The van der Waals surface area contributed by atoms with Crippen molar-refractivity contribution < 1.29 is 33.2 Å². The summed E-state index contributed by atoms with van der Waals surface area (Å²) in [6.45, 7) is 16.1. The molecule has 55 heavy (non-hydrogen) atoms. The first kappa shape index (κ1) is 54.7. The molecule has 0 saturated carbocycles. The van der Waals surface area contributed by atoms with E-state index < -0.39 is 11.9 Å². The molecule has 7 heteroatoms. The molecular weight excluding hydrogens is 689 g/mol. The van der Waals surface area contributed by atoms with Crippen molar-refractivity contribution in [1.82, 2.24) is 0 Å². The monoisotopic (exact) mass is 787 g/mol. The third-order valence-corrected chi connectivity index (χ3v) is 10.7. The highest BCUT2D eigenvalue weighted by molar-refractivity contribution is 4.63. The Bertz CT molecular complexity index is 626. The molecule has 0 fully saturated rings. The molecule has 0 aliphatic rings. The molecule has 0 spiro atoms. The summed E-state index contributed by atoms with van der Waals surface area (Å²) in [5, 5.41) is 0. The molecule has 0 aliphatic heterocycles. The van der Waals surface area contributed by atoms with E-state index in [0.717, 1.165) is 51.4 Å². The molecule has 0 aromatic heterocycles. The highest BCUT2D eigenvalue weighted by Gasteiger charge is 2.35. The van der Waals surface area contributed by atoms with Crippen molar-refractivity contribution in [2.75, 3.05) is 40.0 Å². The van der Waals surface area contributed by atoms with Crippen LogP contribution in [0.15, 0.2) is 0 Å². The van der Waals surface area contributed by atoms with Gasteiger partial charge in [0.1, 0.15) is 0 Å². The van der Waals surface area contributed by atoms with Crippen LogP contribution in [0.3, 0.4) is 0 Å². The number of hydrogen-bond donors (Lipinski definition) is 0. The van der Waals surface area contributed by atoms with Gasteiger partial charge in [0.2, 0.25) is 0 Å². The van der Waals surface area contributed by atoms with Crippen LogP contribution in [0.25, 0.3) is 0 Å². The Labute approximate surface area is 344 Å². The highest BCUT2D eigenvalue weighted by Crippen LogP contribution is 2.28. The van der Waals surface area contributed by atoms with Crippen LogP contribution in [0.2, 0.25) is 0 Å². The van der Waals surface area contributed by atoms with E-state index in [-0.39, 0.29) is 13.6 Å². The lowest BCUT2D eigenvalue weighted by Gasteiger charge is -2.35. The quantitative estimate of drug-likeness (QED) is 0.0449. The molecule has 0 amide bonds. The van der Waals surface area contributed by atoms with Crippen molar-refractivity contribution in [2.24, 2.45) is 0 Å². The molecule has 0 atom stereocenters. The minimum Gasteiger partial charge on any atom is -0.329 e. The summed E-state index contributed by atoms with van der Waals surface area (Å²) in [5.41, 5.74) is 0. The Morgan fingerprint density at radius 3 is 0.709 bits per heavy atom. The van der Waals surface area contributed by atoms with Gasteiger partial charge >= 0.3 is 0 Å². The zero-order valence-electron chi connectivity index (χ0n) is 38.1. The maximum absolute atomic E-state index is 6.57. The van der Waals surface area contributed by atoms with Crippen LogP contribution in [-0.2, 0) is 33.2 Å². The van der Waals surface area contributed by atoms with Crippen molar-refractivity contribution in [2.45, 2.75) is 272 Å². The fourth-order valence-corrected chi connectivity index (χ4v) is 6.96. The second-order valence-electron chi connectivity index (χ2n) is 16.2. The van der Waals surface area contributed by atoms with E-state index in [2.05, 4.69) is 41.5 Å². The van der Waals surface area contributed by atoms with Gasteiger partial charge < -0.3 is 33.2 Å². The Kier molecular flexibility index (Phi) is 43.1. The minimum atomic E-state index is -1.10. The topological polar surface area (TPSA) is 64.6 Å². The SMILES string of the molecule is CCCCCCCCOC(CCCCCC)(OCCCCCCCC)OCOCOC(CCCCCC)(OCCCCCCCC)OCCCCCCCC. The summed E-state index contributed by atoms with van der Waals surface area (Å²) >= 11 is 0. The Hall–Kier alpha value is -0.280. The fourth-order valence-electron chi connectivity index (χ4n) is 6.96. The van der Waals surface area contributed by atoms with Crippen molar-refractivity contribution in [3.05, 3.63) is 0 Å². The zero-order valence-corrected chi connectivity index (χ0v) is 38.1. The first-order chi connectivity index (χ1) is 27.1. The highest BCUT2D eigenvalue weighted by atomic mass is 16.9. The van der Waals surface area contributed by atoms with Gasteiger partial charge in [-0.05, 0) is 38.5 Å². The van der Waals surface area contributed by atoms with Gasteiger partial charge in [0.25, 0.3) is 11.9 Å². The number of hydrogen-bond acceptors (Lipinski definition) is 7. The molecule has 0 heterocycles. The number of ether oxygens (including phenoxy) is 7. The average Bonchev–Trinajstić information content (AvgIpc) is 3.19. The Balaban J connectivity index is 5.64. The molecule has 0 aromatic rings. The van der Waals surface area contributed by atoms with Gasteiger partial charge in [0.05, 0.1) is 26.4 Å². The van der Waals surface area contributed by atoms with Crippen LogP contribution >= 0.6 is 0 Å². The fraction of sp³-hybridized carbons (Fsp3) is 1.00. The Morgan fingerprint density at radius 1 is 0.236 bits per heavy atom. The lowest BCUT2D eigenvalue weighted by molar-refractivity contribution is -0.425. The van der Waals surface area contributed by atoms with Gasteiger partial charge in [0, 0.05) is 12.8 Å². The van der Waals surface area contributed by atoms with Gasteiger partial charge in [-0.25, -0.2) is 0 Å². The van der Waals surface area contributed by atoms with Gasteiger partial charge in [-0.1, -0.05) is 208 Å². The molecule has 332 valence electrons. The summed E-state index contributed by atoms with van der Waals surface area (Å²) in [6.07, 6.45) is 39.7. The van der Waals surface area contributed by atoms with Gasteiger partial charge in [-0.15, -0.1) is 0 Å². The second-order valence-corrected chi connectivity index (χ2v) is 16.2. The number of unbranched alkanes of at least 4 members (excludes halogenated alkanes) is 26. The van der Waals surface area contributed by atoms with Crippen LogP contribution in [0.4, 0.5) is 0 Å². The molecule has 0 bridgehead atoms. The van der Waals surface area contributed by atoms with Crippen LogP contribution in [0, 0.1) is 0 Å². The largest absolute Gasteiger partial charge is 0.329 e. The Morgan fingerprint density at radius 2 is 0.455 bits per heavy atom. The predicted octanol–water partition coefficient (Wildman–Crippen LogP) is 15.7. The first-order valence-corrected chi connectivity index (χ1v) is 24.5. The summed E-state index contributed by atoms with van der Waals surface area (Å²) < 4.78 is 45.4. The van der Waals surface area contributed by atoms with E-state index in [1.165, 1.54) is 154 Å². The van der Waals surface area contributed by atoms with Crippen molar-refractivity contribution >= 4 is 0 Å². The molecule has 7 nitrogen and oxygen atoms in total. The summed E-state index contributed by atoms with van der Waals surface area (Å²) in [5.74, 6) is -2.19. The lowest BCUT2D eigenvalue weighted by Crippen LogP contribution is -2.42. The van der Waals surface area contributed by atoms with Crippen molar-refractivity contribution in [3.8, 4) is 0 Å². The molecule has 0 saturated heterocycles. The van der Waals surface area contributed by atoms with E-state index in [1.54, 1.807) is 0 Å². The van der Waals surface area contributed by atoms with E-state index in [4.69, 9.17) is 33.2 Å². The van der Waals surface area contributed by atoms with E-state index in [1.807, 2.05) is 0 Å². The van der Waals surface area contributed by atoms with Crippen LogP contribution in [0.5, 0.6) is 0 Å². The average molecular weight is 787 g/mol. The maximum atomic E-state index is 6.57. The molecule has 0 aromatic carbocycles. The number of rotatable bonds is 48. The van der Waals surface area contributed by atoms with Crippen LogP contribution in [0.1, 0.15) is 260 Å². The standard InChI is InChI=1S/C48H98O7/c1-7-13-19-25-29-35-41-50-47(39-33-23-17-11-5,51-42-36-30-26-20-14-8-2)54-45-49-46-55-48(40-34-24-18-12-6,52-43-37-31-27-21-15-9-3)53-44-38-32-28-22-16-10-4/h7-46H2,1-6H3. The molecule has 0 unspecified atom stereocenters. The van der Waals surface area contributed by atoms with E-state index in [9.17, 15) is 0 Å². The first-order valence-electron chi connectivity index (χ1n) is 24.5. The molecule has 0 aliphatic carbocycles. The van der Waals surface area contributed by atoms with Gasteiger partial charge in [0.15, 0.2) is 13.6 Å². The minimum absolute atomic E-state index is 0.0293. The van der Waals surface area contributed by atoms with Crippen molar-refractivity contribution in [1.29, 1.82) is 0 Å².